The van der Waals surface area contributed by atoms with E-state index < -0.39 is 15.8 Å². The van der Waals surface area contributed by atoms with Crippen LogP contribution in [0.4, 0.5) is 4.39 Å². The van der Waals surface area contributed by atoms with Crippen molar-refractivity contribution >= 4 is 15.9 Å². The molecule has 1 aromatic carbocycles. The van der Waals surface area contributed by atoms with Crippen LogP contribution in [0.2, 0.25) is 0 Å². The van der Waals surface area contributed by atoms with Crippen molar-refractivity contribution in [3.63, 3.8) is 0 Å². The van der Waals surface area contributed by atoms with E-state index in [1.165, 1.54) is 47.8 Å². The SMILES string of the molecule is O=C(NCCC1CCN(S(=O)(=O)c2ccc(F)cc2)C1)[C]1CCCCCCC1.[CH2].[CH2]. The van der Waals surface area contributed by atoms with E-state index in [9.17, 15) is 17.6 Å². The van der Waals surface area contributed by atoms with Crippen molar-refractivity contribution in [2.45, 2.75) is 62.7 Å². The maximum absolute atomic E-state index is 13.1. The molecule has 1 aromatic rings. The zero-order chi connectivity index (χ0) is 20.0. The Morgan fingerprint density at radius 3 is 2.27 bits per heavy atom. The molecule has 2 fully saturated rings. The molecule has 1 unspecified atom stereocenters. The van der Waals surface area contributed by atoms with E-state index in [0.717, 1.165) is 44.4 Å². The first-order valence-corrected chi connectivity index (χ1v) is 11.8. The monoisotopic (exact) mass is 437 g/mol. The van der Waals surface area contributed by atoms with Crippen molar-refractivity contribution in [1.29, 1.82) is 0 Å². The molecule has 1 amide bonds. The lowest BCUT2D eigenvalue weighted by Crippen LogP contribution is -2.32. The minimum atomic E-state index is -3.58. The van der Waals surface area contributed by atoms with Crippen LogP contribution in [-0.4, -0.2) is 38.3 Å². The average molecular weight is 438 g/mol. The Kier molecular flexibility index (Phi) is 11.0. The molecule has 5 radical (unpaired) electrons. The second-order valence-corrected chi connectivity index (χ2v) is 9.83. The molecule has 0 spiro atoms. The van der Waals surface area contributed by atoms with Gasteiger partial charge >= 0.3 is 0 Å². The second-order valence-electron chi connectivity index (χ2n) is 7.89. The number of halogens is 1. The smallest absolute Gasteiger partial charge is 0.243 e. The molecule has 0 bridgehead atoms. The molecule has 3 rings (SSSR count). The molecule has 1 saturated carbocycles. The van der Waals surface area contributed by atoms with Gasteiger partial charge in [-0.25, -0.2) is 12.8 Å². The Bertz CT molecular complexity index is 744. The molecule has 1 saturated heterocycles. The average Bonchev–Trinajstić information content (AvgIpc) is 3.11. The van der Waals surface area contributed by atoms with E-state index >= 15 is 0 Å². The zero-order valence-electron chi connectivity index (χ0n) is 17.7. The predicted molar refractivity (Wildman–Crippen MR) is 117 cm³/mol. The fourth-order valence-electron chi connectivity index (χ4n) is 4.08. The fourth-order valence-corrected chi connectivity index (χ4v) is 5.61. The highest BCUT2D eigenvalue weighted by atomic mass is 32.2. The van der Waals surface area contributed by atoms with Crippen LogP contribution in [0, 0.1) is 32.5 Å². The lowest BCUT2D eigenvalue weighted by molar-refractivity contribution is -0.119. The van der Waals surface area contributed by atoms with Crippen LogP contribution in [0.25, 0.3) is 0 Å². The number of nitrogens with one attached hydrogen (secondary N) is 1. The predicted octanol–water partition coefficient (Wildman–Crippen LogP) is 4.32. The van der Waals surface area contributed by atoms with Gasteiger partial charge in [-0.15, -0.1) is 0 Å². The summed E-state index contributed by atoms with van der Waals surface area (Å²) < 4.78 is 39.9. The highest BCUT2D eigenvalue weighted by Crippen LogP contribution is 2.27. The number of hydrogen-bond donors (Lipinski definition) is 1. The van der Waals surface area contributed by atoms with Crippen molar-refractivity contribution < 1.29 is 17.6 Å². The van der Waals surface area contributed by atoms with Gasteiger partial charge in [-0.1, -0.05) is 47.0 Å². The van der Waals surface area contributed by atoms with Gasteiger partial charge < -0.3 is 5.32 Å². The Morgan fingerprint density at radius 1 is 1.03 bits per heavy atom. The minimum Gasteiger partial charge on any atom is -0.356 e. The molecule has 7 heteroatoms. The lowest BCUT2D eigenvalue weighted by atomic mass is 9.90. The first-order valence-electron chi connectivity index (χ1n) is 10.4. The lowest BCUT2D eigenvalue weighted by Gasteiger charge is -2.19. The number of rotatable bonds is 6. The van der Waals surface area contributed by atoms with Gasteiger partial charge in [-0.05, 0) is 55.9 Å². The Balaban J connectivity index is 0.00000225. The van der Waals surface area contributed by atoms with Crippen LogP contribution in [0.1, 0.15) is 57.8 Å². The van der Waals surface area contributed by atoms with Gasteiger partial charge in [0.15, 0.2) is 0 Å². The van der Waals surface area contributed by atoms with Crippen LogP contribution in [0.5, 0.6) is 0 Å². The van der Waals surface area contributed by atoms with E-state index in [2.05, 4.69) is 5.32 Å². The summed E-state index contributed by atoms with van der Waals surface area (Å²) in [7, 11) is -3.58. The molecule has 5 nitrogen and oxygen atoms in total. The van der Waals surface area contributed by atoms with Gasteiger partial charge in [-0.3, -0.25) is 4.79 Å². The maximum Gasteiger partial charge on any atom is 0.243 e. The van der Waals surface area contributed by atoms with Gasteiger partial charge in [0.2, 0.25) is 15.9 Å². The first-order chi connectivity index (χ1) is 13.5. The molecule has 1 atom stereocenters. The van der Waals surface area contributed by atoms with E-state index in [1.54, 1.807) is 0 Å². The second kappa shape index (κ2) is 12.4. The first kappa shape index (κ1) is 26.6. The van der Waals surface area contributed by atoms with E-state index in [4.69, 9.17) is 0 Å². The van der Waals surface area contributed by atoms with Crippen LogP contribution < -0.4 is 5.32 Å². The summed E-state index contributed by atoms with van der Waals surface area (Å²) in [6.45, 7) is 1.50. The maximum atomic E-state index is 13.1. The van der Waals surface area contributed by atoms with Crippen molar-refractivity contribution in [2.24, 2.45) is 5.92 Å². The number of amides is 1. The molecule has 2 aliphatic rings. The molecular weight excluding hydrogens is 403 g/mol. The van der Waals surface area contributed by atoms with Gasteiger partial charge in [0.05, 0.1) is 10.8 Å². The number of carbonyl (C=O) groups is 1. The largest absolute Gasteiger partial charge is 0.356 e. The van der Waals surface area contributed by atoms with Gasteiger partial charge in [-0.2, -0.15) is 4.31 Å². The summed E-state index contributed by atoms with van der Waals surface area (Å²) in [5.41, 5.74) is 0. The van der Waals surface area contributed by atoms with Crippen molar-refractivity contribution in [1.82, 2.24) is 9.62 Å². The summed E-state index contributed by atoms with van der Waals surface area (Å²) in [5.74, 6) is 0.885. The number of carbonyl (C=O) groups excluding carboxylic acids is 1. The van der Waals surface area contributed by atoms with Gasteiger partial charge in [0.1, 0.15) is 5.82 Å². The normalized spacial score (nSPS) is 21.0. The van der Waals surface area contributed by atoms with E-state index in [1.807, 2.05) is 0 Å². The summed E-state index contributed by atoms with van der Waals surface area (Å²) in [4.78, 5) is 12.5. The van der Waals surface area contributed by atoms with Gasteiger partial charge in [0.25, 0.3) is 0 Å². The Morgan fingerprint density at radius 2 is 1.63 bits per heavy atom. The molecule has 1 N–H and O–H groups in total. The van der Waals surface area contributed by atoms with Crippen LogP contribution in [0.3, 0.4) is 0 Å². The minimum absolute atomic E-state index is 0. The third-order valence-corrected chi connectivity index (χ3v) is 7.70. The summed E-state index contributed by atoms with van der Waals surface area (Å²) in [6, 6.07) is 4.96. The molecular formula is C23H34FN2O3S. The third-order valence-electron chi connectivity index (χ3n) is 5.82. The highest BCUT2D eigenvalue weighted by Gasteiger charge is 2.32. The Labute approximate surface area is 182 Å². The molecule has 1 aliphatic heterocycles. The van der Waals surface area contributed by atoms with Crippen molar-refractivity contribution in [2.75, 3.05) is 19.6 Å². The van der Waals surface area contributed by atoms with Crippen LogP contribution in [0.15, 0.2) is 29.2 Å². The van der Waals surface area contributed by atoms with Crippen LogP contribution >= 0.6 is 0 Å². The standard InChI is InChI=1S/C21H30FN2O3S.2CH2/c22-19-8-10-20(11-9-19)28(26,27)24-15-13-17(16-24)12-14-23-21(25)18-6-4-2-1-3-5-7-18;;/h8-11,17H,1-7,12-16H2,(H,23,25);2*1H2. The summed E-state index contributed by atoms with van der Waals surface area (Å²) >= 11 is 0. The number of benzene rings is 1. The zero-order valence-corrected chi connectivity index (χ0v) is 18.6. The van der Waals surface area contributed by atoms with E-state index in [0.29, 0.717) is 19.6 Å². The fraction of sp³-hybridized carbons (Fsp3) is 0.565. The van der Waals surface area contributed by atoms with E-state index in [-0.39, 0.29) is 31.6 Å². The molecule has 30 heavy (non-hydrogen) atoms. The van der Waals surface area contributed by atoms with Gasteiger partial charge in [0, 0.05) is 19.6 Å². The molecule has 0 aromatic heterocycles. The summed E-state index contributed by atoms with van der Waals surface area (Å²) in [6.07, 6.45) is 9.24. The summed E-state index contributed by atoms with van der Waals surface area (Å²) in [5, 5.41) is 3.03. The van der Waals surface area contributed by atoms with Crippen molar-refractivity contribution in [3.05, 3.63) is 50.9 Å². The third kappa shape index (κ3) is 7.05. The Hall–Kier alpha value is -1.47. The molecule has 1 aliphatic carbocycles. The number of hydrogen-bond acceptors (Lipinski definition) is 3. The number of sulfonamides is 1. The molecule has 1 heterocycles. The van der Waals surface area contributed by atoms with Crippen molar-refractivity contribution in [3.8, 4) is 0 Å². The van der Waals surface area contributed by atoms with Crippen LogP contribution in [-0.2, 0) is 14.8 Å². The quantitative estimate of drug-likeness (QED) is 0.721. The topological polar surface area (TPSA) is 66.5 Å². The highest BCUT2D eigenvalue weighted by molar-refractivity contribution is 7.89. The molecule has 167 valence electrons. The number of nitrogens with zero attached hydrogens (tertiary/aromatic N) is 1.